The van der Waals surface area contributed by atoms with Crippen LogP contribution < -0.4 is 11.1 Å². The van der Waals surface area contributed by atoms with Crippen LogP contribution in [0.2, 0.25) is 0 Å². The number of hydrogen-bond donors (Lipinski definition) is 2. The van der Waals surface area contributed by atoms with Crippen LogP contribution in [0.1, 0.15) is 33.1 Å². The van der Waals surface area contributed by atoms with E-state index in [1.807, 2.05) is 0 Å². The highest BCUT2D eigenvalue weighted by Gasteiger charge is 2.36. The van der Waals surface area contributed by atoms with Crippen LogP contribution in [0.25, 0.3) is 0 Å². The van der Waals surface area contributed by atoms with Gasteiger partial charge in [0.25, 0.3) is 0 Å². The molecule has 0 saturated heterocycles. The molecule has 1 saturated carbocycles. The predicted molar refractivity (Wildman–Crippen MR) is 53.0 cm³/mol. The Kier molecular flexibility index (Phi) is 3.53. The molecule has 2 nitrogen and oxygen atoms in total. The van der Waals surface area contributed by atoms with Gasteiger partial charge in [-0.2, -0.15) is 0 Å². The lowest BCUT2D eigenvalue weighted by Gasteiger charge is -2.14. The third-order valence-corrected chi connectivity index (χ3v) is 2.81. The van der Waals surface area contributed by atoms with Crippen molar-refractivity contribution in [1.82, 2.24) is 5.32 Å². The predicted octanol–water partition coefficient (Wildman–Crippen LogP) is 1.36. The van der Waals surface area contributed by atoms with Gasteiger partial charge in [-0.05, 0) is 43.7 Å². The van der Waals surface area contributed by atoms with E-state index in [1.54, 1.807) is 0 Å². The summed E-state index contributed by atoms with van der Waals surface area (Å²) in [6.07, 6.45) is 3.96. The van der Waals surface area contributed by atoms with E-state index in [4.69, 9.17) is 5.73 Å². The minimum atomic E-state index is 0.641. The lowest BCUT2D eigenvalue weighted by molar-refractivity contribution is 0.436. The van der Waals surface area contributed by atoms with Crippen molar-refractivity contribution in [3.05, 3.63) is 0 Å². The van der Waals surface area contributed by atoms with Gasteiger partial charge in [0, 0.05) is 6.54 Å². The molecular formula is C10H22N2. The Hall–Kier alpha value is -0.0800. The van der Waals surface area contributed by atoms with Crippen molar-refractivity contribution in [1.29, 1.82) is 0 Å². The molecule has 0 aliphatic heterocycles. The van der Waals surface area contributed by atoms with Crippen LogP contribution in [0.15, 0.2) is 0 Å². The maximum absolute atomic E-state index is 5.47. The second kappa shape index (κ2) is 4.24. The maximum atomic E-state index is 5.47. The molecule has 0 aromatic carbocycles. The fourth-order valence-electron chi connectivity index (χ4n) is 1.40. The van der Waals surface area contributed by atoms with E-state index in [-0.39, 0.29) is 0 Å². The minimum Gasteiger partial charge on any atom is -0.330 e. The van der Waals surface area contributed by atoms with Crippen molar-refractivity contribution in [2.24, 2.45) is 17.1 Å². The van der Waals surface area contributed by atoms with Gasteiger partial charge < -0.3 is 11.1 Å². The van der Waals surface area contributed by atoms with E-state index >= 15 is 0 Å². The molecule has 3 N–H and O–H groups in total. The first-order valence-corrected chi connectivity index (χ1v) is 5.07. The zero-order valence-corrected chi connectivity index (χ0v) is 8.40. The normalized spacial score (nSPS) is 22.2. The van der Waals surface area contributed by atoms with Crippen LogP contribution in [0.5, 0.6) is 0 Å². The Morgan fingerprint density at radius 2 is 2.17 bits per heavy atom. The van der Waals surface area contributed by atoms with Crippen molar-refractivity contribution >= 4 is 0 Å². The molecule has 1 aliphatic carbocycles. The Morgan fingerprint density at radius 1 is 1.50 bits per heavy atom. The summed E-state index contributed by atoms with van der Waals surface area (Å²) in [5.74, 6) is 0.734. The third kappa shape index (κ3) is 3.55. The largest absolute Gasteiger partial charge is 0.330 e. The Morgan fingerprint density at radius 3 is 2.67 bits per heavy atom. The number of hydrogen-bond acceptors (Lipinski definition) is 2. The molecule has 1 rings (SSSR count). The Labute approximate surface area is 75.9 Å². The topological polar surface area (TPSA) is 38.0 Å². The molecule has 0 heterocycles. The molecule has 0 amide bonds. The highest BCUT2D eigenvalue weighted by Crippen LogP contribution is 2.43. The number of nitrogens with one attached hydrogen (secondary N) is 1. The van der Waals surface area contributed by atoms with Gasteiger partial charge in [0.15, 0.2) is 0 Å². The zero-order valence-electron chi connectivity index (χ0n) is 8.40. The molecule has 72 valence electrons. The Bertz CT molecular complexity index is 130. The van der Waals surface area contributed by atoms with Crippen LogP contribution in [0.4, 0.5) is 0 Å². The van der Waals surface area contributed by atoms with Gasteiger partial charge >= 0.3 is 0 Å². The molecule has 0 radical (unpaired) electrons. The van der Waals surface area contributed by atoms with Crippen molar-refractivity contribution in [3.8, 4) is 0 Å². The summed E-state index contributed by atoms with van der Waals surface area (Å²) < 4.78 is 0. The monoisotopic (exact) mass is 170 g/mol. The van der Waals surface area contributed by atoms with Crippen LogP contribution >= 0.6 is 0 Å². The second-order valence-electron chi connectivity index (χ2n) is 4.62. The molecule has 0 aromatic heterocycles. The summed E-state index contributed by atoms with van der Waals surface area (Å²) in [6.45, 7) is 7.76. The van der Waals surface area contributed by atoms with Crippen LogP contribution in [0.3, 0.4) is 0 Å². The standard InChI is InChI=1S/C10H22N2/c1-9(3-6-11)7-12-8-10(2)4-5-10/h9,12H,3-8,11H2,1-2H3. The summed E-state index contributed by atoms with van der Waals surface area (Å²) in [4.78, 5) is 0. The third-order valence-electron chi connectivity index (χ3n) is 2.81. The van der Waals surface area contributed by atoms with E-state index in [9.17, 15) is 0 Å². The number of nitrogens with two attached hydrogens (primary N) is 1. The lowest BCUT2D eigenvalue weighted by Crippen LogP contribution is -2.27. The van der Waals surface area contributed by atoms with E-state index in [2.05, 4.69) is 19.2 Å². The summed E-state index contributed by atoms with van der Waals surface area (Å²) in [5.41, 5.74) is 6.11. The van der Waals surface area contributed by atoms with E-state index in [0.717, 1.165) is 25.4 Å². The van der Waals surface area contributed by atoms with Gasteiger partial charge in [0.1, 0.15) is 0 Å². The summed E-state index contributed by atoms with van der Waals surface area (Å²) in [5, 5.41) is 3.52. The molecular weight excluding hydrogens is 148 g/mol. The van der Waals surface area contributed by atoms with Crippen LogP contribution in [0, 0.1) is 11.3 Å². The SMILES string of the molecule is CC(CCN)CNCC1(C)CC1. The van der Waals surface area contributed by atoms with Crippen LogP contribution in [-0.2, 0) is 0 Å². The van der Waals surface area contributed by atoms with Crippen LogP contribution in [-0.4, -0.2) is 19.6 Å². The molecule has 2 heteroatoms. The van der Waals surface area contributed by atoms with Gasteiger partial charge in [-0.15, -0.1) is 0 Å². The van der Waals surface area contributed by atoms with Gasteiger partial charge in [0.05, 0.1) is 0 Å². The quantitative estimate of drug-likeness (QED) is 0.631. The molecule has 0 spiro atoms. The summed E-state index contributed by atoms with van der Waals surface area (Å²) in [6, 6.07) is 0. The molecule has 1 aliphatic rings. The van der Waals surface area contributed by atoms with Gasteiger partial charge in [0.2, 0.25) is 0 Å². The van der Waals surface area contributed by atoms with Gasteiger partial charge in [-0.25, -0.2) is 0 Å². The fourth-order valence-corrected chi connectivity index (χ4v) is 1.40. The fraction of sp³-hybridized carbons (Fsp3) is 1.00. The second-order valence-corrected chi connectivity index (χ2v) is 4.62. The molecule has 0 bridgehead atoms. The minimum absolute atomic E-state index is 0.641. The molecule has 12 heavy (non-hydrogen) atoms. The van der Waals surface area contributed by atoms with E-state index < -0.39 is 0 Å². The van der Waals surface area contributed by atoms with Gasteiger partial charge in [-0.3, -0.25) is 0 Å². The van der Waals surface area contributed by atoms with E-state index in [0.29, 0.717) is 5.41 Å². The first-order valence-electron chi connectivity index (χ1n) is 5.07. The van der Waals surface area contributed by atoms with Crippen molar-refractivity contribution in [3.63, 3.8) is 0 Å². The highest BCUT2D eigenvalue weighted by molar-refractivity contribution is 4.90. The lowest BCUT2D eigenvalue weighted by atomic mass is 10.1. The molecule has 1 atom stereocenters. The van der Waals surface area contributed by atoms with E-state index in [1.165, 1.54) is 19.4 Å². The highest BCUT2D eigenvalue weighted by atomic mass is 14.9. The van der Waals surface area contributed by atoms with Crippen molar-refractivity contribution < 1.29 is 0 Å². The summed E-state index contributed by atoms with van der Waals surface area (Å²) in [7, 11) is 0. The first-order chi connectivity index (χ1) is 5.66. The molecule has 1 fully saturated rings. The first kappa shape index (κ1) is 10.0. The van der Waals surface area contributed by atoms with Gasteiger partial charge in [-0.1, -0.05) is 13.8 Å². The maximum Gasteiger partial charge on any atom is 0.000528 e. The Balaban J connectivity index is 1.94. The molecule has 0 aromatic rings. The number of rotatable bonds is 6. The van der Waals surface area contributed by atoms with Crippen molar-refractivity contribution in [2.45, 2.75) is 33.1 Å². The average Bonchev–Trinajstić information content (AvgIpc) is 2.69. The average molecular weight is 170 g/mol. The smallest absolute Gasteiger partial charge is 0.000528 e. The van der Waals surface area contributed by atoms with Crippen molar-refractivity contribution in [2.75, 3.05) is 19.6 Å². The molecule has 1 unspecified atom stereocenters. The zero-order chi connectivity index (χ0) is 9.03. The summed E-state index contributed by atoms with van der Waals surface area (Å²) >= 11 is 0.